The van der Waals surface area contributed by atoms with Crippen LogP contribution in [0.4, 0.5) is 27.6 Å². The molecule has 0 saturated carbocycles. The minimum Gasteiger partial charge on any atom is -0.358 e. The van der Waals surface area contributed by atoms with Crippen LogP contribution < -0.4 is 4.90 Å². The van der Waals surface area contributed by atoms with E-state index in [1.807, 2.05) is 0 Å². The highest BCUT2D eigenvalue weighted by atomic mass is 19.4. The molecule has 2 nitrogen and oxygen atoms in total. The van der Waals surface area contributed by atoms with E-state index in [1.54, 1.807) is 0 Å². The van der Waals surface area contributed by atoms with Crippen LogP contribution in [0.1, 0.15) is 5.56 Å². The van der Waals surface area contributed by atoms with Gasteiger partial charge < -0.3 is 4.90 Å². The van der Waals surface area contributed by atoms with Crippen LogP contribution in [0.2, 0.25) is 0 Å². The van der Waals surface area contributed by atoms with E-state index in [0.29, 0.717) is 0 Å². The van der Waals surface area contributed by atoms with E-state index in [-0.39, 0.29) is 5.69 Å². The van der Waals surface area contributed by atoms with Gasteiger partial charge in [0, 0.05) is 6.20 Å². The minimum absolute atomic E-state index is 0.291. The molecule has 0 N–H and O–H groups in total. The second-order valence-corrected chi connectivity index (χ2v) is 3.60. The third-order valence-corrected chi connectivity index (χ3v) is 2.29. The first kappa shape index (κ1) is 11.1. The van der Waals surface area contributed by atoms with Gasteiger partial charge in [-0.25, -0.2) is 8.78 Å². The van der Waals surface area contributed by atoms with Gasteiger partial charge in [0.2, 0.25) is 0 Å². The van der Waals surface area contributed by atoms with E-state index in [4.69, 9.17) is 0 Å². The van der Waals surface area contributed by atoms with E-state index in [2.05, 4.69) is 4.98 Å². The lowest BCUT2D eigenvalue weighted by Gasteiger charge is -2.41. The van der Waals surface area contributed by atoms with E-state index in [1.165, 1.54) is 0 Å². The molecule has 1 aliphatic rings. The summed E-state index contributed by atoms with van der Waals surface area (Å²) in [5, 5.41) is 0. The normalized spacial score (nSPS) is 19.4. The average molecular weight is 238 g/mol. The van der Waals surface area contributed by atoms with Gasteiger partial charge in [-0.1, -0.05) is 0 Å². The molecule has 0 unspecified atom stereocenters. The van der Waals surface area contributed by atoms with Crippen molar-refractivity contribution >= 4 is 5.69 Å². The van der Waals surface area contributed by atoms with Gasteiger partial charge in [0.25, 0.3) is 5.92 Å². The van der Waals surface area contributed by atoms with Crippen molar-refractivity contribution in [2.45, 2.75) is 12.1 Å². The fourth-order valence-electron chi connectivity index (χ4n) is 1.56. The Morgan fingerprint density at radius 1 is 1.25 bits per heavy atom. The molecule has 88 valence electrons. The third-order valence-electron chi connectivity index (χ3n) is 2.29. The lowest BCUT2D eigenvalue weighted by molar-refractivity contribution is -0.137. The molecular weight excluding hydrogens is 231 g/mol. The maximum Gasteiger partial charge on any atom is 0.418 e. The van der Waals surface area contributed by atoms with Gasteiger partial charge in [-0.3, -0.25) is 4.98 Å². The number of rotatable bonds is 1. The minimum atomic E-state index is -4.55. The van der Waals surface area contributed by atoms with Crippen molar-refractivity contribution in [2.75, 3.05) is 18.0 Å². The summed E-state index contributed by atoms with van der Waals surface area (Å²) in [6.45, 7) is -1.39. The van der Waals surface area contributed by atoms with Gasteiger partial charge in [0.05, 0.1) is 30.5 Å². The van der Waals surface area contributed by atoms with Crippen molar-refractivity contribution in [3.05, 3.63) is 24.0 Å². The van der Waals surface area contributed by atoms with Crippen molar-refractivity contribution < 1.29 is 22.0 Å². The summed E-state index contributed by atoms with van der Waals surface area (Å²) in [5.74, 6) is -2.90. The highest BCUT2D eigenvalue weighted by molar-refractivity contribution is 5.55. The number of nitrogens with zero attached hydrogens (tertiary/aromatic N) is 2. The highest BCUT2D eigenvalue weighted by Gasteiger charge is 2.46. The highest BCUT2D eigenvalue weighted by Crippen LogP contribution is 2.40. The van der Waals surface area contributed by atoms with Gasteiger partial charge >= 0.3 is 6.18 Å². The van der Waals surface area contributed by atoms with Crippen LogP contribution in [0.3, 0.4) is 0 Å². The van der Waals surface area contributed by atoms with E-state index in [0.717, 1.165) is 23.4 Å². The van der Waals surface area contributed by atoms with Gasteiger partial charge in [-0.05, 0) is 6.07 Å². The molecule has 1 saturated heterocycles. The first-order chi connectivity index (χ1) is 7.30. The Morgan fingerprint density at radius 3 is 2.38 bits per heavy atom. The van der Waals surface area contributed by atoms with E-state index < -0.39 is 30.8 Å². The van der Waals surface area contributed by atoms with E-state index >= 15 is 0 Å². The van der Waals surface area contributed by atoms with Gasteiger partial charge in [0.15, 0.2) is 0 Å². The Kier molecular flexibility index (Phi) is 2.28. The summed E-state index contributed by atoms with van der Waals surface area (Å²) in [5.41, 5.74) is -1.22. The molecular formula is C9H7F5N2. The van der Waals surface area contributed by atoms with Crippen molar-refractivity contribution in [1.82, 2.24) is 4.98 Å². The van der Waals surface area contributed by atoms with Crippen molar-refractivity contribution in [1.29, 1.82) is 0 Å². The predicted molar refractivity (Wildman–Crippen MR) is 46.4 cm³/mol. The zero-order valence-corrected chi connectivity index (χ0v) is 7.93. The molecule has 16 heavy (non-hydrogen) atoms. The molecule has 0 radical (unpaired) electrons. The Bertz CT molecular complexity index is 393. The lowest BCUT2D eigenvalue weighted by atomic mass is 10.1. The van der Waals surface area contributed by atoms with Crippen LogP contribution in [0, 0.1) is 0 Å². The van der Waals surface area contributed by atoms with E-state index in [9.17, 15) is 22.0 Å². The summed E-state index contributed by atoms with van der Waals surface area (Å²) in [6.07, 6.45) is -2.61. The molecule has 0 aliphatic carbocycles. The number of halogens is 5. The van der Waals surface area contributed by atoms with Crippen molar-refractivity contribution in [2.24, 2.45) is 0 Å². The SMILES string of the molecule is FC1(F)CN(c2cnccc2C(F)(F)F)C1. The summed E-state index contributed by atoms with van der Waals surface area (Å²) >= 11 is 0. The fraction of sp³-hybridized carbons (Fsp3) is 0.444. The molecule has 0 bridgehead atoms. The fourth-order valence-corrected chi connectivity index (χ4v) is 1.56. The summed E-state index contributed by atoms with van der Waals surface area (Å²) in [7, 11) is 0. The number of pyridine rings is 1. The van der Waals surface area contributed by atoms with Crippen molar-refractivity contribution in [3.8, 4) is 0 Å². The molecule has 2 heterocycles. The van der Waals surface area contributed by atoms with Crippen LogP contribution in [0.25, 0.3) is 0 Å². The predicted octanol–water partition coefficient (Wildman–Crippen LogP) is 2.56. The van der Waals surface area contributed by atoms with Crippen molar-refractivity contribution in [3.63, 3.8) is 0 Å². The second-order valence-electron chi connectivity index (χ2n) is 3.60. The van der Waals surface area contributed by atoms with Crippen LogP contribution in [0.5, 0.6) is 0 Å². The Morgan fingerprint density at radius 2 is 1.88 bits per heavy atom. The Hall–Kier alpha value is -1.40. The van der Waals surface area contributed by atoms with Gasteiger partial charge in [0.1, 0.15) is 0 Å². The number of anilines is 1. The zero-order chi connectivity index (χ0) is 12.0. The molecule has 0 spiro atoms. The molecule has 1 aliphatic heterocycles. The topological polar surface area (TPSA) is 16.1 Å². The first-order valence-corrected chi connectivity index (χ1v) is 4.44. The summed E-state index contributed by atoms with van der Waals surface area (Å²) in [4.78, 5) is 4.49. The molecule has 0 amide bonds. The van der Waals surface area contributed by atoms with Gasteiger partial charge in [-0.15, -0.1) is 0 Å². The lowest BCUT2D eigenvalue weighted by Crippen LogP contribution is -2.56. The zero-order valence-electron chi connectivity index (χ0n) is 7.93. The van der Waals surface area contributed by atoms with Crippen LogP contribution in [0.15, 0.2) is 18.5 Å². The standard InChI is InChI=1S/C9H7F5N2/c10-8(11)4-16(5-8)7-3-15-2-1-6(7)9(12,13)14/h1-3H,4-5H2. The Labute approximate surface area is 87.7 Å². The largest absolute Gasteiger partial charge is 0.418 e. The molecule has 0 aromatic carbocycles. The molecule has 0 atom stereocenters. The van der Waals surface area contributed by atoms with Crippen LogP contribution in [-0.2, 0) is 6.18 Å². The Balaban J connectivity index is 2.29. The number of hydrogen-bond donors (Lipinski definition) is 0. The second kappa shape index (κ2) is 3.29. The molecule has 2 rings (SSSR count). The number of alkyl halides is 5. The molecule has 7 heteroatoms. The molecule has 1 aromatic rings. The summed E-state index contributed by atoms with van der Waals surface area (Å²) < 4.78 is 62.7. The smallest absolute Gasteiger partial charge is 0.358 e. The monoisotopic (exact) mass is 238 g/mol. The van der Waals surface area contributed by atoms with Gasteiger partial charge in [-0.2, -0.15) is 13.2 Å². The van der Waals surface area contributed by atoms with Crippen LogP contribution >= 0.6 is 0 Å². The quantitative estimate of drug-likeness (QED) is 0.699. The molecule has 1 aromatic heterocycles. The number of aromatic nitrogens is 1. The first-order valence-electron chi connectivity index (χ1n) is 4.44. The maximum absolute atomic E-state index is 12.6. The van der Waals surface area contributed by atoms with Crippen LogP contribution in [-0.4, -0.2) is 24.0 Å². The molecule has 1 fully saturated rings. The maximum atomic E-state index is 12.6. The number of hydrogen-bond acceptors (Lipinski definition) is 2. The summed E-state index contributed by atoms with van der Waals surface area (Å²) in [6, 6.07) is 0.784. The average Bonchev–Trinajstić information content (AvgIpc) is 2.12. The third kappa shape index (κ3) is 1.94.